The maximum atomic E-state index is 12.2. The van der Waals surface area contributed by atoms with E-state index in [0.29, 0.717) is 17.0 Å². The first-order valence-electron chi connectivity index (χ1n) is 7.83. The quantitative estimate of drug-likeness (QED) is 0.942. The number of amides is 2. The molecule has 0 bridgehead atoms. The monoisotopic (exact) mass is 312 g/mol. The molecule has 0 unspecified atom stereocenters. The third-order valence-electron chi connectivity index (χ3n) is 4.43. The number of benzene rings is 1. The molecule has 0 spiro atoms. The van der Waals surface area contributed by atoms with E-state index in [-0.39, 0.29) is 5.91 Å². The average molecular weight is 312 g/mol. The first-order valence-corrected chi connectivity index (χ1v) is 7.83. The first kappa shape index (κ1) is 15.3. The lowest BCUT2D eigenvalue weighted by Crippen LogP contribution is -2.38. The van der Waals surface area contributed by atoms with Gasteiger partial charge in [0.15, 0.2) is 0 Å². The third-order valence-corrected chi connectivity index (χ3v) is 4.43. The van der Waals surface area contributed by atoms with Crippen molar-refractivity contribution >= 4 is 11.8 Å². The van der Waals surface area contributed by atoms with E-state index in [0.717, 1.165) is 32.4 Å². The molecule has 120 valence electrons. The number of carbonyl (C=O) groups excluding carboxylic acids is 2. The Morgan fingerprint density at radius 1 is 1.09 bits per heavy atom. The number of nitrogens with zero attached hydrogens (tertiary/aromatic N) is 1. The molecule has 0 radical (unpaired) electrons. The minimum absolute atomic E-state index is 0.0445. The fourth-order valence-corrected chi connectivity index (χ4v) is 3.05. The number of likely N-dealkylation sites (tertiary alicyclic amines) is 1. The lowest BCUT2D eigenvalue weighted by molar-refractivity contribution is 0.0689. The number of furan rings is 1. The van der Waals surface area contributed by atoms with Crippen molar-refractivity contribution in [3.05, 3.63) is 59.5 Å². The smallest absolute Gasteiger partial charge is 0.257 e. The fraction of sp³-hybridized carbons (Fsp3) is 0.333. The number of hydrogen-bond donors (Lipinski definition) is 1. The summed E-state index contributed by atoms with van der Waals surface area (Å²) in [6.45, 7) is 1.54. The second kappa shape index (κ2) is 6.69. The molecular weight excluding hydrogens is 292 g/mol. The highest BCUT2D eigenvalue weighted by molar-refractivity contribution is 5.94. The lowest BCUT2D eigenvalue weighted by Gasteiger charge is -2.31. The summed E-state index contributed by atoms with van der Waals surface area (Å²) < 4.78 is 4.97. The standard InChI is InChI=1S/C18H20N2O3/c19-17(21)15-3-1-13(2-4-15)11-14-5-8-20(9-6-14)18(22)16-7-10-23-12-16/h1-4,7,10,12,14H,5-6,8-9,11H2,(H2,19,21). The van der Waals surface area contributed by atoms with Gasteiger partial charge in [-0.25, -0.2) is 0 Å². The zero-order valence-electron chi connectivity index (χ0n) is 12.9. The Labute approximate surface area is 135 Å². The zero-order valence-corrected chi connectivity index (χ0v) is 12.9. The van der Waals surface area contributed by atoms with E-state index in [9.17, 15) is 9.59 Å². The van der Waals surface area contributed by atoms with Crippen molar-refractivity contribution in [2.24, 2.45) is 11.7 Å². The molecule has 0 aliphatic carbocycles. The Bertz CT molecular complexity index is 669. The Hall–Kier alpha value is -2.56. The molecule has 2 N–H and O–H groups in total. The topological polar surface area (TPSA) is 76.5 Å². The molecule has 2 heterocycles. The van der Waals surface area contributed by atoms with Gasteiger partial charge in [-0.2, -0.15) is 0 Å². The molecule has 1 fully saturated rings. The molecule has 1 aromatic carbocycles. The molecule has 2 aromatic rings. The minimum atomic E-state index is -0.400. The number of primary amides is 1. The highest BCUT2D eigenvalue weighted by atomic mass is 16.3. The van der Waals surface area contributed by atoms with Crippen LogP contribution in [0, 0.1) is 5.92 Å². The van der Waals surface area contributed by atoms with Crippen LogP contribution in [0.15, 0.2) is 47.3 Å². The van der Waals surface area contributed by atoms with E-state index in [2.05, 4.69) is 0 Å². The van der Waals surface area contributed by atoms with Crippen molar-refractivity contribution in [2.75, 3.05) is 13.1 Å². The van der Waals surface area contributed by atoms with E-state index >= 15 is 0 Å². The molecule has 0 atom stereocenters. The van der Waals surface area contributed by atoms with E-state index in [4.69, 9.17) is 10.2 Å². The van der Waals surface area contributed by atoms with E-state index in [1.807, 2.05) is 17.0 Å². The number of nitrogens with two attached hydrogens (primary N) is 1. The van der Waals surface area contributed by atoms with Crippen molar-refractivity contribution in [3.8, 4) is 0 Å². The number of piperidine rings is 1. The van der Waals surface area contributed by atoms with Gasteiger partial charge >= 0.3 is 0 Å². The Kier molecular flexibility index (Phi) is 4.46. The van der Waals surface area contributed by atoms with Crippen molar-refractivity contribution in [3.63, 3.8) is 0 Å². The molecule has 1 aliphatic heterocycles. The van der Waals surface area contributed by atoms with Gasteiger partial charge in [0.25, 0.3) is 5.91 Å². The number of rotatable bonds is 4. The molecule has 1 saturated heterocycles. The molecule has 3 rings (SSSR count). The second-order valence-electron chi connectivity index (χ2n) is 6.01. The first-order chi connectivity index (χ1) is 11.1. The van der Waals surface area contributed by atoms with Gasteiger partial charge in [0.2, 0.25) is 5.91 Å². The lowest BCUT2D eigenvalue weighted by atomic mass is 9.89. The van der Waals surface area contributed by atoms with Crippen LogP contribution in [-0.2, 0) is 6.42 Å². The third kappa shape index (κ3) is 3.62. The highest BCUT2D eigenvalue weighted by Gasteiger charge is 2.24. The van der Waals surface area contributed by atoms with Crippen LogP contribution in [-0.4, -0.2) is 29.8 Å². The summed E-state index contributed by atoms with van der Waals surface area (Å²) >= 11 is 0. The highest BCUT2D eigenvalue weighted by Crippen LogP contribution is 2.23. The van der Waals surface area contributed by atoms with Crippen LogP contribution in [0.2, 0.25) is 0 Å². The van der Waals surface area contributed by atoms with Crippen LogP contribution in [0.1, 0.15) is 39.1 Å². The molecule has 1 aromatic heterocycles. The fourth-order valence-electron chi connectivity index (χ4n) is 3.05. The van der Waals surface area contributed by atoms with Crippen LogP contribution in [0.25, 0.3) is 0 Å². The molecule has 23 heavy (non-hydrogen) atoms. The van der Waals surface area contributed by atoms with Gasteiger partial charge in [0.1, 0.15) is 6.26 Å². The van der Waals surface area contributed by atoms with Crippen LogP contribution in [0.4, 0.5) is 0 Å². The van der Waals surface area contributed by atoms with Gasteiger partial charge in [-0.3, -0.25) is 9.59 Å². The Balaban J connectivity index is 1.53. The molecule has 0 saturated carbocycles. The van der Waals surface area contributed by atoms with Crippen molar-refractivity contribution in [1.29, 1.82) is 0 Å². The number of hydrogen-bond acceptors (Lipinski definition) is 3. The molecule has 5 nitrogen and oxygen atoms in total. The summed E-state index contributed by atoms with van der Waals surface area (Å²) in [7, 11) is 0. The van der Waals surface area contributed by atoms with Crippen LogP contribution in [0.5, 0.6) is 0 Å². The maximum absolute atomic E-state index is 12.2. The average Bonchev–Trinajstić information content (AvgIpc) is 3.10. The minimum Gasteiger partial charge on any atom is -0.472 e. The van der Waals surface area contributed by atoms with Crippen molar-refractivity contribution < 1.29 is 14.0 Å². The van der Waals surface area contributed by atoms with Gasteiger partial charge < -0.3 is 15.1 Å². The van der Waals surface area contributed by atoms with Gasteiger partial charge in [0.05, 0.1) is 11.8 Å². The van der Waals surface area contributed by atoms with Crippen LogP contribution in [0.3, 0.4) is 0 Å². The summed E-state index contributed by atoms with van der Waals surface area (Å²) in [5.74, 6) is 0.202. The normalized spacial score (nSPS) is 15.6. The predicted octanol–water partition coefficient (Wildman–Crippen LogP) is 2.47. The zero-order chi connectivity index (χ0) is 16.2. The van der Waals surface area contributed by atoms with Gasteiger partial charge in [-0.15, -0.1) is 0 Å². The molecule has 1 aliphatic rings. The van der Waals surface area contributed by atoms with Gasteiger partial charge in [-0.05, 0) is 48.9 Å². The van der Waals surface area contributed by atoms with Gasteiger partial charge in [0, 0.05) is 18.7 Å². The van der Waals surface area contributed by atoms with Crippen molar-refractivity contribution in [2.45, 2.75) is 19.3 Å². The molecular formula is C18H20N2O3. The summed E-state index contributed by atoms with van der Waals surface area (Å²) in [5, 5.41) is 0. The van der Waals surface area contributed by atoms with Crippen molar-refractivity contribution in [1.82, 2.24) is 4.90 Å². The van der Waals surface area contributed by atoms with E-state index in [1.165, 1.54) is 18.1 Å². The second-order valence-corrected chi connectivity index (χ2v) is 6.01. The Morgan fingerprint density at radius 2 is 1.78 bits per heavy atom. The Morgan fingerprint density at radius 3 is 2.35 bits per heavy atom. The summed E-state index contributed by atoms with van der Waals surface area (Å²) in [4.78, 5) is 25.2. The molecule has 2 amide bonds. The van der Waals surface area contributed by atoms with E-state index < -0.39 is 5.91 Å². The molecule has 5 heteroatoms. The van der Waals surface area contributed by atoms with Crippen LogP contribution >= 0.6 is 0 Å². The summed E-state index contributed by atoms with van der Waals surface area (Å²) in [6, 6.07) is 9.17. The van der Waals surface area contributed by atoms with E-state index in [1.54, 1.807) is 18.2 Å². The van der Waals surface area contributed by atoms with Crippen LogP contribution < -0.4 is 5.73 Å². The SMILES string of the molecule is NC(=O)c1ccc(CC2CCN(C(=O)c3ccoc3)CC2)cc1. The summed E-state index contributed by atoms with van der Waals surface area (Å²) in [6.07, 6.45) is 5.96. The maximum Gasteiger partial charge on any atom is 0.257 e. The van der Waals surface area contributed by atoms with Gasteiger partial charge in [-0.1, -0.05) is 12.1 Å². The largest absolute Gasteiger partial charge is 0.472 e. The predicted molar refractivity (Wildman–Crippen MR) is 86.0 cm³/mol. The summed E-state index contributed by atoms with van der Waals surface area (Å²) in [5.41, 5.74) is 7.60. The number of carbonyl (C=O) groups is 2.